The molecule has 3 rings (SSSR count). The fourth-order valence-corrected chi connectivity index (χ4v) is 2.35. The molecule has 1 heterocycles. The molecule has 0 fully saturated rings. The number of aliphatic hydroxyl groups excluding tert-OH is 1. The van der Waals surface area contributed by atoms with Crippen LogP contribution in [0.3, 0.4) is 0 Å². The molecule has 2 nitrogen and oxygen atoms in total. The summed E-state index contributed by atoms with van der Waals surface area (Å²) in [6, 6.07) is 20.4. The summed E-state index contributed by atoms with van der Waals surface area (Å²) in [6.45, 7) is 1.80. The molecule has 0 saturated heterocycles. The predicted octanol–water partition coefficient (Wildman–Crippen LogP) is 3.68. The largest absolute Gasteiger partial charge is 0.387 e. The average molecular weight is 237 g/mol. The van der Waals surface area contributed by atoms with Gasteiger partial charge in [-0.15, -0.1) is 0 Å². The highest BCUT2D eigenvalue weighted by Crippen LogP contribution is 2.27. The van der Waals surface area contributed by atoms with E-state index in [0.29, 0.717) is 0 Å². The van der Waals surface area contributed by atoms with Gasteiger partial charge in [0, 0.05) is 11.1 Å². The molecule has 0 amide bonds. The van der Waals surface area contributed by atoms with Crippen LogP contribution in [0, 0.1) is 0 Å². The quantitative estimate of drug-likeness (QED) is 0.722. The molecule has 1 atom stereocenters. The minimum Gasteiger partial charge on any atom is -0.387 e. The van der Waals surface area contributed by atoms with Crippen LogP contribution in [0.4, 0.5) is 0 Å². The van der Waals surface area contributed by atoms with Crippen molar-refractivity contribution < 1.29 is 5.11 Å². The SMILES string of the molecule is CC(O)c1cc2ccccc2n1-c1ccccc1. The highest BCUT2D eigenvalue weighted by molar-refractivity contribution is 5.83. The summed E-state index contributed by atoms with van der Waals surface area (Å²) in [5.74, 6) is 0. The van der Waals surface area contributed by atoms with Crippen LogP contribution in [0.25, 0.3) is 16.6 Å². The standard InChI is InChI=1S/C16H15NO/c1-12(18)16-11-13-7-5-6-10-15(13)17(16)14-8-3-2-4-9-14/h2-12,18H,1H3. The van der Waals surface area contributed by atoms with Crippen LogP contribution < -0.4 is 0 Å². The maximum atomic E-state index is 9.95. The third kappa shape index (κ3) is 1.71. The number of aromatic nitrogens is 1. The number of para-hydroxylation sites is 2. The van der Waals surface area contributed by atoms with Gasteiger partial charge in [0.05, 0.1) is 17.3 Å². The normalized spacial score (nSPS) is 12.8. The van der Waals surface area contributed by atoms with E-state index in [2.05, 4.69) is 28.8 Å². The average Bonchev–Trinajstić information content (AvgIpc) is 2.79. The van der Waals surface area contributed by atoms with Gasteiger partial charge < -0.3 is 9.67 Å². The zero-order valence-electron chi connectivity index (χ0n) is 10.2. The van der Waals surface area contributed by atoms with Crippen molar-refractivity contribution in [2.24, 2.45) is 0 Å². The Balaban J connectivity index is 2.35. The van der Waals surface area contributed by atoms with Gasteiger partial charge in [-0.05, 0) is 31.2 Å². The van der Waals surface area contributed by atoms with Crippen LogP contribution in [0.2, 0.25) is 0 Å². The topological polar surface area (TPSA) is 25.2 Å². The van der Waals surface area contributed by atoms with Crippen molar-refractivity contribution in [3.8, 4) is 5.69 Å². The maximum Gasteiger partial charge on any atom is 0.0915 e. The lowest BCUT2D eigenvalue weighted by atomic mass is 10.2. The smallest absolute Gasteiger partial charge is 0.0915 e. The molecule has 2 heteroatoms. The van der Waals surface area contributed by atoms with E-state index < -0.39 is 6.10 Å². The van der Waals surface area contributed by atoms with Gasteiger partial charge in [0.1, 0.15) is 0 Å². The first-order valence-corrected chi connectivity index (χ1v) is 6.11. The minimum absolute atomic E-state index is 0.488. The summed E-state index contributed by atoms with van der Waals surface area (Å²) in [7, 11) is 0. The van der Waals surface area contributed by atoms with E-state index in [1.54, 1.807) is 6.92 Å². The van der Waals surface area contributed by atoms with Crippen molar-refractivity contribution in [2.45, 2.75) is 13.0 Å². The Morgan fingerprint density at radius 2 is 1.61 bits per heavy atom. The van der Waals surface area contributed by atoms with E-state index in [4.69, 9.17) is 0 Å². The molecular formula is C16H15NO. The van der Waals surface area contributed by atoms with E-state index in [1.807, 2.05) is 36.4 Å². The molecule has 0 aliphatic carbocycles. The van der Waals surface area contributed by atoms with Gasteiger partial charge in [0.2, 0.25) is 0 Å². The Kier molecular flexibility index (Phi) is 2.65. The van der Waals surface area contributed by atoms with Gasteiger partial charge in [-0.1, -0.05) is 36.4 Å². The lowest BCUT2D eigenvalue weighted by Crippen LogP contribution is -2.02. The molecule has 1 N–H and O–H groups in total. The van der Waals surface area contributed by atoms with Crippen molar-refractivity contribution in [1.29, 1.82) is 0 Å². The second kappa shape index (κ2) is 4.31. The van der Waals surface area contributed by atoms with Gasteiger partial charge in [-0.3, -0.25) is 0 Å². The first kappa shape index (κ1) is 11.1. The summed E-state index contributed by atoms with van der Waals surface area (Å²) in [6.07, 6.45) is -0.488. The molecule has 1 aromatic heterocycles. The fourth-order valence-electron chi connectivity index (χ4n) is 2.35. The molecule has 18 heavy (non-hydrogen) atoms. The summed E-state index contributed by atoms with van der Waals surface area (Å²) < 4.78 is 2.11. The molecule has 1 unspecified atom stereocenters. The van der Waals surface area contributed by atoms with Gasteiger partial charge in [-0.2, -0.15) is 0 Å². The third-order valence-corrected chi connectivity index (χ3v) is 3.18. The van der Waals surface area contributed by atoms with Crippen molar-refractivity contribution in [3.63, 3.8) is 0 Å². The van der Waals surface area contributed by atoms with Gasteiger partial charge in [0.15, 0.2) is 0 Å². The van der Waals surface area contributed by atoms with Crippen LogP contribution in [-0.4, -0.2) is 9.67 Å². The van der Waals surface area contributed by atoms with Crippen LogP contribution in [0.5, 0.6) is 0 Å². The van der Waals surface area contributed by atoms with Crippen molar-refractivity contribution >= 4 is 10.9 Å². The van der Waals surface area contributed by atoms with Crippen molar-refractivity contribution in [3.05, 3.63) is 66.4 Å². The second-order valence-corrected chi connectivity index (χ2v) is 4.47. The Morgan fingerprint density at radius 3 is 2.33 bits per heavy atom. The first-order chi connectivity index (χ1) is 8.77. The Morgan fingerprint density at radius 1 is 0.944 bits per heavy atom. The van der Waals surface area contributed by atoms with Gasteiger partial charge in [-0.25, -0.2) is 0 Å². The van der Waals surface area contributed by atoms with E-state index in [0.717, 1.165) is 22.3 Å². The molecule has 0 saturated carbocycles. The predicted molar refractivity (Wildman–Crippen MR) is 73.9 cm³/mol. The molecule has 0 aliphatic heterocycles. The fraction of sp³-hybridized carbons (Fsp3) is 0.125. The maximum absolute atomic E-state index is 9.95. The molecule has 2 aromatic carbocycles. The number of rotatable bonds is 2. The number of benzene rings is 2. The van der Waals surface area contributed by atoms with E-state index in [-0.39, 0.29) is 0 Å². The molecule has 3 aromatic rings. The number of hydrogen-bond acceptors (Lipinski definition) is 1. The van der Waals surface area contributed by atoms with Crippen LogP contribution >= 0.6 is 0 Å². The number of fused-ring (bicyclic) bond motifs is 1. The Labute approximate surface area is 106 Å². The molecular weight excluding hydrogens is 222 g/mol. The number of aliphatic hydroxyl groups is 1. The second-order valence-electron chi connectivity index (χ2n) is 4.47. The highest BCUT2D eigenvalue weighted by Gasteiger charge is 2.13. The Hall–Kier alpha value is -2.06. The van der Waals surface area contributed by atoms with E-state index in [1.165, 1.54) is 0 Å². The summed E-state index contributed by atoms with van der Waals surface area (Å²) in [4.78, 5) is 0. The van der Waals surface area contributed by atoms with E-state index in [9.17, 15) is 5.11 Å². The lowest BCUT2D eigenvalue weighted by Gasteiger charge is -2.12. The first-order valence-electron chi connectivity index (χ1n) is 6.11. The molecule has 90 valence electrons. The zero-order chi connectivity index (χ0) is 12.5. The van der Waals surface area contributed by atoms with Crippen molar-refractivity contribution in [2.75, 3.05) is 0 Å². The van der Waals surface area contributed by atoms with Crippen LogP contribution in [0.15, 0.2) is 60.7 Å². The number of nitrogens with zero attached hydrogens (tertiary/aromatic N) is 1. The lowest BCUT2D eigenvalue weighted by molar-refractivity contribution is 0.193. The zero-order valence-corrected chi connectivity index (χ0v) is 10.2. The summed E-state index contributed by atoms with van der Waals surface area (Å²) in [5, 5.41) is 11.1. The highest BCUT2D eigenvalue weighted by atomic mass is 16.3. The molecule has 0 radical (unpaired) electrons. The molecule has 0 bridgehead atoms. The third-order valence-electron chi connectivity index (χ3n) is 3.18. The minimum atomic E-state index is -0.488. The van der Waals surface area contributed by atoms with E-state index >= 15 is 0 Å². The van der Waals surface area contributed by atoms with Crippen LogP contribution in [-0.2, 0) is 0 Å². The summed E-state index contributed by atoms with van der Waals surface area (Å²) >= 11 is 0. The number of hydrogen-bond donors (Lipinski definition) is 1. The van der Waals surface area contributed by atoms with Gasteiger partial charge in [0.25, 0.3) is 0 Å². The van der Waals surface area contributed by atoms with Crippen LogP contribution in [0.1, 0.15) is 18.7 Å². The molecule has 0 spiro atoms. The molecule has 0 aliphatic rings. The van der Waals surface area contributed by atoms with Crippen molar-refractivity contribution in [1.82, 2.24) is 4.57 Å². The Bertz CT molecular complexity index is 668. The monoisotopic (exact) mass is 237 g/mol. The van der Waals surface area contributed by atoms with Gasteiger partial charge >= 0.3 is 0 Å². The summed E-state index contributed by atoms with van der Waals surface area (Å²) in [5.41, 5.74) is 3.12.